The zero-order valence-corrected chi connectivity index (χ0v) is 49.5. The fraction of sp³-hybridized carbons (Fsp3) is 0.918. The van der Waals surface area contributed by atoms with Crippen LogP contribution < -0.4 is 21.3 Å². The standard InChI is InChI=1S/C49H94N4O26P2/c1-31(56)35(52-40(59)17-13-10-14-18-72-48-43(51-34(4)58)47(64)45(62)39(28-55)78-48)30-76-80(65,66)74-25-23-70-21-19-69-20-22-71-24-26-75-81(67,68)79-32(2)36(29-73-49(5,6)7)53-41(60)16-12-9-8-11-15-37-42(50-33(3)57)46(63)44(61)38(27-54)77-37/h31-32,35-39,42-48,54-56,61-64H,8-30H2,1-7H3,(H,50,57)(H,51,58)(H,52,59)(H,53,60)(H,65,66)(H,67,68)/t31?,32?,35?,36?,37-,38?,39?,42?,43?,44-,45-,46+,47+,48+/m0/s1. The summed E-state index contributed by atoms with van der Waals surface area (Å²) in [6.07, 6.45) is -7.24. The minimum atomic E-state index is -4.62. The number of hydrogen-bond acceptors (Lipinski definition) is 24. The fourth-order valence-corrected chi connectivity index (χ4v) is 9.86. The van der Waals surface area contributed by atoms with E-state index in [9.17, 15) is 73.8 Å². The average molecular weight is 1220 g/mol. The Morgan fingerprint density at radius 2 is 1.04 bits per heavy atom. The Bertz CT molecular complexity index is 1890. The molecule has 2 fully saturated rings. The van der Waals surface area contributed by atoms with E-state index < -0.39 is 144 Å². The van der Waals surface area contributed by atoms with Gasteiger partial charge in [0.1, 0.15) is 42.7 Å². The van der Waals surface area contributed by atoms with Crippen molar-refractivity contribution in [2.45, 2.75) is 204 Å². The highest BCUT2D eigenvalue weighted by atomic mass is 31.2. The van der Waals surface area contributed by atoms with Gasteiger partial charge in [-0.1, -0.05) is 25.7 Å². The Morgan fingerprint density at radius 3 is 1.56 bits per heavy atom. The van der Waals surface area contributed by atoms with Gasteiger partial charge in [-0.2, -0.15) is 0 Å². The molecule has 2 heterocycles. The SMILES string of the molecule is CC(=O)NC1[C@H](OCCCCCC(=O)NC(COP(=O)(O)OCCOCCOCCOCCOP(=O)(O)OC(C)C(COC(C)(C)C)NC(=O)CCCCCC[C@@H]2OC(CO)[C@H](O)[C@H](O)C2NC(C)=O)C(C)O)OC(CO)[C@H](O)[C@@H]1O. The van der Waals surface area contributed by atoms with Gasteiger partial charge >= 0.3 is 15.6 Å². The van der Waals surface area contributed by atoms with Crippen LogP contribution in [0.25, 0.3) is 0 Å². The van der Waals surface area contributed by atoms with Crippen LogP contribution in [0.3, 0.4) is 0 Å². The number of nitrogens with one attached hydrogen (secondary N) is 4. The minimum Gasteiger partial charge on any atom is -0.394 e. The van der Waals surface area contributed by atoms with Gasteiger partial charge in [-0.05, 0) is 60.3 Å². The molecule has 4 amide bonds. The second-order valence-corrected chi connectivity index (χ2v) is 23.6. The third kappa shape index (κ3) is 31.5. The molecule has 10 unspecified atom stereocenters. The molecule has 81 heavy (non-hydrogen) atoms. The molecule has 13 N–H and O–H groups in total. The number of phosphoric ester groups is 2. The topological polar surface area (TPSA) is 434 Å². The Hall–Kier alpha value is -2.46. The van der Waals surface area contributed by atoms with E-state index in [0.717, 1.165) is 0 Å². The maximum atomic E-state index is 13.0. The maximum absolute atomic E-state index is 13.0. The van der Waals surface area contributed by atoms with Crippen LogP contribution in [0.5, 0.6) is 0 Å². The van der Waals surface area contributed by atoms with E-state index in [2.05, 4.69) is 21.3 Å². The molecule has 2 aliphatic heterocycles. The lowest BCUT2D eigenvalue weighted by Crippen LogP contribution is -2.64. The number of amides is 4. The number of unbranched alkanes of at least 4 members (excludes halogenated alkanes) is 5. The molecule has 0 spiro atoms. The van der Waals surface area contributed by atoms with Crippen molar-refractivity contribution < 1.29 is 125 Å². The van der Waals surface area contributed by atoms with Gasteiger partial charge in [-0.3, -0.25) is 37.3 Å². The van der Waals surface area contributed by atoms with Crippen LogP contribution in [0, 0.1) is 0 Å². The Balaban J connectivity index is 1.58. The quantitative estimate of drug-likeness (QED) is 0.0249. The van der Waals surface area contributed by atoms with Crippen molar-refractivity contribution in [3.63, 3.8) is 0 Å². The largest absolute Gasteiger partial charge is 0.472 e. The van der Waals surface area contributed by atoms with Gasteiger partial charge in [0.25, 0.3) is 0 Å². The van der Waals surface area contributed by atoms with E-state index >= 15 is 0 Å². The van der Waals surface area contributed by atoms with Crippen LogP contribution in [0.2, 0.25) is 0 Å². The molecular formula is C49H94N4O26P2. The predicted octanol–water partition coefficient (Wildman–Crippen LogP) is -1.30. The van der Waals surface area contributed by atoms with Gasteiger partial charge in [-0.25, -0.2) is 9.13 Å². The van der Waals surface area contributed by atoms with Crippen molar-refractivity contribution in [1.82, 2.24) is 21.3 Å². The molecule has 476 valence electrons. The molecule has 0 aliphatic carbocycles. The van der Waals surface area contributed by atoms with Gasteiger partial charge in [-0.15, -0.1) is 0 Å². The summed E-state index contributed by atoms with van der Waals surface area (Å²) >= 11 is 0. The fourth-order valence-electron chi connectivity index (χ4n) is 8.20. The molecule has 0 radical (unpaired) electrons. The summed E-state index contributed by atoms with van der Waals surface area (Å²) in [5, 5.41) is 80.9. The average Bonchev–Trinajstić information content (AvgIpc) is 3.41. The van der Waals surface area contributed by atoms with Crippen molar-refractivity contribution in [3.8, 4) is 0 Å². The number of hydrogen-bond donors (Lipinski definition) is 13. The van der Waals surface area contributed by atoms with Gasteiger partial charge in [0.05, 0.1) is 121 Å². The number of rotatable bonds is 43. The van der Waals surface area contributed by atoms with Crippen LogP contribution in [0.4, 0.5) is 0 Å². The summed E-state index contributed by atoms with van der Waals surface area (Å²) in [4.78, 5) is 69.4. The molecule has 2 saturated heterocycles. The summed E-state index contributed by atoms with van der Waals surface area (Å²) in [7, 11) is -9.23. The smallest absolute Gasteiger partial charge is 0.394 e. The van der Waals surface area contributed by atoms with E-state index in [1.807, 2.05) is 20.8 Å². The zero-order valence-electron chi connectivity index (χ0n) is 47.7. The van der Waals surface area contributed by atoms with Gasteiger partial charge in [0.2, 0.25) is 23.6 Å². The number of ether oxygens (including phenoxy) is 7. The van der Waals surface area contributed by atoms with Crippen LogP contribution >= 0.6 is 15.6 Å². The highest BCUT2D eigenvalue weighted by Gasteiger charge is 2.46. The van der Waals surface area contributed by atoms with E-state index in [-0.39, 0.29) is 84.8 Å². The van der Waals surface area contributed by atoms with E-state index in [1.54, 1.807) is 0 Å². The molecule has 30 nitrogen and oxygen atoms in total. The van der Waals surface area contributed by atoms with Gasteiger partial charge in [0, 0.05) is 33.3 Å². The van der Waals surface area contributed by atoms with Crippen LogP contribution in [0.15, 0.2) is 0 Å². The third-order valence-electron chi connectivity index (χ3n) is 12.6. The first-order valence-electron chi connectivity index (χ1n) is 27.4. The molecule has 16 atom stereocenters. The maximum Gasteiger partial charge on any atom is 0.472 e. The van der Waals surface area contributed by atoms with Gasteiger partial charge < -0.3 is 100.0 Å². The second kappa shape index (κ2) is 39.3. The number of aliphatic hydroxyl groups excluding tert-OH is 7. The summed E-state index contributed by atoms with van der Waals surface area (Å²) < 4.78 is 84.6. The van der Waals surface area contributed by atoms with E-state index in [4.69, 9.17) is 51.3 Å². The number of aliphatic hydroxyl groups is 7. The first-order chi connectivity index (χ1) is 38.1. The first kappa shape index (κ1) is 74.6. The second-order valence-electron chi connectivity index (χ2n) is 20.7. The summed E-state index contributed by atoms with van der Waals surface area (Å²) in [5.74, 6) is -1.68. The van der Waals surface area contributed by atoms with Crippen LogP contribution in [0.1, 0.15) is 113 Å². The lowest BCUT2D eigenvalue weighted by atomic mass is 9.90. The monoisotopic (exact) mass is 1220 g/mol. The molecule has 2 rings (SSSR count). The van der Waals surface area contributed by atoms with Crippen molar-refractivity contribution in [2.75, 3.05) is 85.9 Å². The zero-order chi connectivity index (χ0) is 60.8. The molecule has 0 aromatic rings. The Kier molecular flexibility index (Phi) is 36.2. The van der Waals surface area contributed by atoms with Crippen LogP contribution in [-0.4, -0.2) is 246 Å². The number of carbonyl (C=O) groups excluding carboxylic acids is 4. The number of carbonyl (C=O) groups is 4. The third-order valence-corrected chi connectivity index (χ3v) is 14.7. The highest BCUT2D eigenvalue weighted by Crippen LogP contribution is 2.45. The van der Waals surface area contributed by atoms with Crippen molar-refractivity contribution in [3.05, 3.63) is 0 Å². The van der Waals surface area contributed by atoms with Crippen molar-refractivity contribution >= 4 is 39.3 Å². The van der Waals surface area contributed by atoms with Crippen LogP contribution in [-0.2, 0) is 79.6 Å². The summed E-state index contributed by atoms with van der Waals surface area (Å²) in [6, 6.07) is -3.80. The molecule has 0 saturated carbocycles. The van der Waals surface area contributed by atoms with E-state index in [1.165, 1.54) is 27.7 Å². The highest BCUT2D eigenvalue weighted by molar-refractivity contribution is 7.47. The van der Waals surface area contributed by atoms with Gasteiger partial charge in [0.15, 0.2) is 6.29 Å². The Morgan fingerprint density at radius 1 is 0.568 bits per heavy atom. The predicted molar refractivity (Wildman–Crippen MR) is 285 cm³/mol. The molecule has 2 aliphatic rings. The molecule has 0 bridgehead atoms. The first-order valence-corrected chi connectivity index (χ1v) is 30.4. The minimum absolute atomic E-state index is 0.0350. The van der Waals surface area contributed by atoms with Crippen molar-refractivity contribution in [1.29, 1.82) is 0 Å². The summed E-state index contributed by atoms with van der Waals surface area (Å²) in [6.45, 7) is 8.83. The van der Waals surface area contributed by atoms with E-state index in [0.29, 0.717) is 51.4 Å². The lowest BCUT2D eigenvalue weighted by Gasteiger charge is -2.42. The summed E-state index contributed by atoms with van der Waals surface area (Å²) in [5.41, 5.74) is -0.601. The molecule has 32 heteroatoms. The molecule has 0 aromatic carbocycles. The van der Waals surface area contributed by atoms with Crippen molar-refractivity contribution in [2.24, 2.45) is 0 Å². The lowest BCUT2D eigenvalue weighted by molar-refractivity contribution is -0.270. The normalized spacial score (nSPS) is 26.3. The Labute approximate surface area is 474 Å². The molecular weight excluding hydrogens is 1120 g/mol. The number of phosphoric acid groups is 2. The molecule has 0 aromatic heterocycles.